The third-order valence-electron chi connectivity index (χ3n) is 4.84. The van der Waals surface area contributed by atoms with Crippen molar-refractivity contribution < 1.29 is 38.3 Å². The molecule has 166 valence electrons. The van der Waals surface area contributed by atoms with Crippen molar-refractivity contribution in [2.75, 3.05) is 12.3 Å². The molecule has 2 aliphatic rings. The molecule has 0 radical (unpaired) electrons. The normalized spacial score (nSPS) is 28.1. The lowest BCUT2D eigenvalue weighted by Gasteiger charge is -2.18. The van der Waals surface area contributed by atoms with Crippen LogP contribution in [0.2, 0.25) is 0 Å². The molecule has 5 atom stereocenters. The highest BCUT2D eigenvalue weighted by atomic mass is 31.2. The summed E-state index contributed by atoms with van der Waals surface area (Å²) >= 11 is 0. The van der Waals surface area contributed by atoms with Gasteiger partial charge in [-0.2, -0.15) is 0 Å². The third-order valence-corrected chi connectivity index (χ3v) is 5.72. The number of aromatic nitrogens is 4. The van der Waals surface area contributed by atoms with E-state index in [1.807, 2.05) is 0 Å². The van der Waals surface area contributed by atoms with E-state index in [4.69, 9.17) is 15.0 Å². The number of phosphoric ester groups is 1. The Hall–Kier alpha value is -2.67. The molecule has 1 aliphatic heterocycles. The molecule has 14 heteroatoms. The van der Waals surface area contributed by atoms with Crippen LogP contribution in [0.3, 0.4) is 0 Å². The number of imidazole rings is 1. The second-order valence-corrected chi connectivity index (χ2v) is 8.30. The van der Waals surface area contributed by atoms with Crippen LogP contribution in [0.15, 0.2) is 37.0 Å². The predicted molar refractivity (Wildman–Crippen MR) is 104 cm³/mol. The molecule has 1 aliphatic carbocycles. The van der Waals surface area contributed by atoms with Crippen molar-refractivity contribution in [1.29, 1.82) is 0 Å². The molecule has 0 amide bonds. The van der Waals surface area contributed by atoms with Crippen LogP contribution >= 0.6 is 7.82 Å². The van der Waals surface area contributed by atoms with Crippen molar-refractivity contribution in [1.82, 2.24) is 19.5 Å². The number of hydrogen-bond donors (Lipinski definition) is 4. The minimum atomic E-state index is -4.79. The van der Waals surface area contributed by atoms with Gasteiger partial charge in [-0.1, -0.05) is 24.3 Å². The van der Waals surface area contributed by atoms with Gasteiger partial charge in [0.2, 0.25) is 0 Å². The Balaban J connectivity index is 1.41. The highest BCUT2D eigenvalue weighted by Gasteiger charge is 2.45. The van der Waals surface area contributed by atoms with Crippen LogP contribution in [-0.2, 0) is 23.1 Å². The first kappa shape index (κ1) is 21.6. The molecule has 3 heterocycles. The van der Waals surface area contributed by atoms with E-state index in [-0.39, 0.29) is 17.0 Å². The van der Waals surface area contributed by atoms with Crippen molar-refractivity contribution in [3.63, 3.8) is 0 Å². The zero-order valence-electron chi connectivity index (χ0n) is 16.0. The van der Waals surface area contributed by atoms with Crippen molar-refractivity contribution in [3.05, 3.63) is 37.0 Å². The van der Waals surface area contributed by atoms with Crippen LogP contribution in [0.4, 0.5) is 5.82 Å². The van der Waals surface area contributed by atoms with E-state index in [1.54, 1.807) is 24.3 Å². The number of allylic oxidation sites excluding steroid dienone is 2. The van der Waals surface area contributed by atoms with E-state index >= 15 is 0 Å². The number of carbonyl (C=O) groups excluding carboxylic acids is 1. The topological polar surface area (TPSA) is 192 Å². The molecular formula is C17H20N5O8P. The summed E-state index contributed by atoms with van der Waals surface area (Å²) in [6, 6.07) is 0. The average Bonchev–Trinajstić information content (AvgIpc) is 3.29. The van der Waals surface area contributed by atoms with E-state index in [0.29, 0.717) is 6.42 Å². The smallest absolute Gasteiger partial charge is 0.387 e. The zero-order chi connectivity index (χ0) is 22.2. The number of hydrogen-bond acceptors (Lipinski definition) is 11. The van der Waals surface area contributed by atoms with Crippen LogP contribution < -0.4 is 5.73 Å². The number of aliphatic hydroxyl groups is 2. The molecule has 1 fully saturated rings. The summed E-state index contributed by atoms with van der Waals surface area (Å²) in [4.78, 5) is 33.8. The number of nitrogens with two attached hydrogens (primary N) is 1. The Labute approximate surface area is 175 Å². The van der Waals surface area contributed by atoms with E-state index in [0.717, 1.165) is 0 Å². The molecule has 4 rings (SSSR count). The second kappa shape index (κ2) is 8.46. The molecule has 31 heavy (non-hydrogen) atoms. The maximum absolute atomic E-state index is 12.1. The van der Waals surface area contributed by atoms with Gasteiger partial charge in [-0.25, -0.2) is 19.5 Å². The van der Waals surface area contributed by atoms with Gasteiger partial charge in [0, 0.05) is 0 Å². The largest absolute Gasteiger partial charge is 0.529 e. The Bertz CT molecular complexity index is 1080. The third kappa shape index (κ3) is 4.37. The van der Waals surface area contributed by atoms with E-state index in [1.165, 1.54) is 17.2 Å². The molecule has 0 spiro atoms. The minimum Gasteiger partial charge on any atom is -0.387 e. The van der Waals surface area contributed by atoms with Gasteiger partial charge in [0.25, 0.3) is 0 Å². The number of nitrogen functional groups attached to an aromatic ring is 1. The first-order valence-corrected chi connectivity index (χ1v) is 10.7. The molecular weight excluding hydrogens is 433 g/mol. The van der Waals surface area contributed by atoms with Crippen molar-refractivity contribution in [2.24, 2.45) is 5.92 Å². The SMILES string of the molecule is Nc1ncnc2c1ncn2[C@@H]1O[C@H](COP(=O)(O)OC(=O)C2C=CCC=C2)[C@@H](O)[C@H]1O. The van der Waals surface area contributed by atoms with E-state index < -0.39 is 50.9 Å². The number of phosphoric acid groups is 1. The highest BCUT2D eigenvalue weighted by molar-refractivity contribution is 7.48. The lowest BCUT2D eigenvalue weighted by Crippen LogP contribution is -2.33. The number of fused-ring (bicyclic) bond motifs is 1. The Kier molecular flexibility index (Phi) is 5.88. The number of anilines is 1. The number of nitrogens with zero attached hydrogens (tertiary/aromatic N) is 4. The maximum atomic E-state index is 12.1. The molecule has 13 nitrogen and oxygen atoms in total. The summed E-state index contributed by atoms with van der Waals surface area (Å²) in [6.07, 6.45) is 4.47. The second-order valence-electron chi connectivity index (χ2n) is 6.92. The number of rotatable bonds is 6. The van der Waals surface area contributed by atoms with Crippen molar-refractivity contribution >= 4 is 30.8 Å². The van der Waals surface area contributed by atoms with Gasteiger partial charge in [-0.3, -0.25) is 18.8 Å². The fourth-order valence-corrected chi connectivity index (χ4v) is 4.01. The standard InChI is InChI=1S/C17H20N5O8P/c18-14-11-15(20-7-19-14)22(8-21-11)16-13(24)12(23)10(29-16)6-28-31(26,27)30-17(25)9-4-2-1-3-5-9/h2-5,7-10,12-13,16,23-24H,1,6H2,(H,26,27)(H2,18,19,20)/t10-,12-,13-,16-/m1/s1. The summed E-state index contributed by atoms with van der Waals surface area (Å²) < 4.78 is 28.5. The van der Waals surface area contributed by atoms with E-state index in [9.17, 15) is 24.5 Å². The average molecular weight is 453 g/mol. The summed E-state index contributed by atoms with van der Waals surface area (Å²) in [5.41, 5.74) is 6.29. The first-order chi connectivity index (χ1) is 14.8. The molecule has 0 aromatic carbocycles. The predicted octanol–water partition coefficient (Wildman–Crippen LogP) is -0.180. The minimum absolute atomic E-state index is 0.127. The lowest BCUT2D eigenvalue weighted by atomic mass is 10.0. The number of ether oxygens (including phenoxy) is 1. The van der Waals surface area contributed by atoms with Crippen LogP contribution in [0.1, 0.15) is 12.6 Å². The fraction of sp³-hybridized carbons (Fsp3) is 0.412. The Morgan fingerprint density at radius 3 is 2.74 bits per heavy atom. The van der Waals surface area contributed by atoms with Gasteiger partial charge in [-0.05, 0) is 6.42 Å². The van der Waals surface area contributed by atoms with E-state index in [2.05, 4.69) is 19.5 Å². The molecule has 0 saturated carbocycles. The van der Waals surface area contributed by atoms with Crippen LogP contribution in [0, 0.1) is 5.92 Å². The summed E-state index contributed by atoms with van der Waals surface area (Å²) in [5, 5.41) is 20.7. The summed E-state index contributed by atoms with van der Waals surface area (Å²) in [6.45, 7) is -0.629. The van der Waals surface area contributed by atoms with Gasteiger partial charge >= 0.3 is 13.8 Å². The fourth-order valence-electron chi connectivity index (χ4n) is 3.27. The van der Waals surface area contributed by atoms with Gasteiger partial charge < -0.3 is 25.2 Å². The van der Waals surface area contributed by atoms with Crippen LogP contribution in [-0.4, -0.2) is 65.5 Å². The van der Waals surface area contributed by atoms with Gasteiger partial charge in [0.15, 0.2) is 17.7 Å². The van der Waals surface area contributed by atoms with Crippen LogP contribution in [0.5, 0.6) is 0 Å². The zero-order valence-corrected chi connectivity index (χ0v) is 16.9. The monoisotopic (exact) mass is 453 g/mol. The number of carbonyl (C=O) groups is 1. The van der Waals surface area contributed by atoms with Gasteiger partial charge in [0.05, 0.1) is 18.9 Å². The Morgan fingerprint density at radius 2 is 2.00 bits per heavy atom. The maximum Gasteiger partial charge on any atom is 0.529 e. The molecule has 5 N–H and O–H groups in total. The molecule has 2 aromatic rings. The van der Waals surface area contributed by atoms with Crippen molar-refractivity contribution in [3.8, 4) is 0 Å². The quantitative estimate of drug-likeness (QED) is 0.334. The molecule has 1 saturated heterocycles. The van der Waals surface area contributed by atoms with Crippen molar-refractivity contribution in [2.45, 2.75) is 31.0 Å². The summed E-state index contributed by atoms with van der Waals surface area (Å²) in [5.74, 6) is -1.62. The van der Waals surface area contributed by atoms with Crippen LogP contribution in [0.25, 0.3) is 11.2 Å². The lowest BCUT2D eigenvalue weighted by molar-refractivity contribution is -0.138. The summed E-state index contributed by atoms with van der Waals surface area (Å²) in [7, 11) is -4.79. The first-order valence-electron chi connectivity index (χ1n) is 9.25. The van der Waals surface area contributed by atoms with Gasteiger partial charge in [0.1, 0.15) is 30.2 Å². The highest BCUT2D eigenvalue weighted by Crippen LogP contribution is 2.45. The molecule has 2 aromatic heterocycles. The number of aliphatic hydroxyl groups excluding tert-OH is 2. The Morgan fingerprint density at radius 1 is 1.26 bits per heavy atom. The molecule has 0 bridgehead atoms. The molecule has 1 unspecified atom stereocenters. The van der Waals surface area contributed by atoms with Gasteiger partial charge in [-0.15, -0.1) is 0 Å².